The number of carbonyl (C=O) groups is 3. The van der Waals surface area contributed by atoms with Crippen LogP contribution in [0.4, 0.5) is 4.39 Å². The van der Waals surface area contributed by atoms with Gasteiger partial charge in [0.05, 0.1) is 18.1 Å². The number of hydrogen-bond acceptors (Lipinski definition) is 6. The van der Waals surface area contributed by atoms with Crippen molar-refractivity contribution in [2.45, 2.75) is 95.4 Å². The highest BCUT2D eigenvalue weighted by Gasteiger charge is 2.34. The van der Waals surface area contributed by atoms with E-state index in [1.807, 2.05) is 30.3 Å². The summed E-state index contributed by atoms with van der Waals surface area (Å²) in [5, 5.41) is 27.2. The van der Waals surface area contributed by atoms with Gasteiger partial charge in [-0.15, -0.1) is 24.2 Å². The number of rotatable bonds is 18. The first kappa shape index (κ1) is 37.7. The van der Waals surface area contributed by atoms with Gasteiger partial charge in [0, 0.05) is 39.4 Å². The summed E-state index contributed by atoms with van der Waals surface area (Å²) in [5.74, 6) is 6.21. The monoisotopic (exact) mass is 626 g/mol. The van der Waals surface area contributed by atoms with Crippen molar-refractivity contribution in [2.24, 2.45) is 11.8 Å². The van der Waals surface area contributed by atoms with Gasteiger partial charge in [0.1, 0.15) is 18.9 Å². The van der Waals surface area contributed by atoms with Gasteiger partial charge in [0.15, 0.2) is 0 Å². The average Bonchev–Trinajstić information content (AvgIpc) is 3.05. The Morgan fingerprint density at radius 1 is 1.02 bits per heavy atom. The Morgan fingerprint density at radius 2 is 1.71 bits per heavy atom. The maximum Gasteiger partial charge on any atom is 0.243 e. The molecule has 4 unspecified atom stereocenters. The molecular weight excluding hydrogens is 575 g/mol. The van der Waals surface area contributed by atoms with Crippen molar-refractivity contribution in [3.63, 3.8) is 0 Å². The Bertz CT molecular complexity index is 1160. The van der Waals surface area contributed by atoms with Gasteiger partial charge < -0.3 is 25.7 Å². The van der Waals surface area contributed by atoms with E-state index in [4.69, 9.17) is 6.42 Å². The quantitative estimate of drug-likeness (QED) is 0.147. The molecule has 0 heterocycles. The summed E-state index contributed by atoms with van der Waals surface area (Å²) in [6.07, 6.45) is 8.71. The van der Waals surface area contributed by atoms with Gasteiger partial charge in [-0.3, -0.25) is 19.3 Å². The number of benzene rings is 1. The molecule has 1 aromatic carbocycles. The fraction of sp³-hybridized carbons (Fsp3) is 0.629. The first-order valence-electron chi connectivity index (χ1n) is 15.9. The lowest BCUT2D eigenvalue weighted by Crippen LogP contribution is -2.55. The second-order valence-electron chi connectivity index (χ2n) is 12.1. The predicted octanol–water partition coefficient (Wildman–Crippen LogP) is 2.65. The minimum atomic E-state index is -1.28. The van der Waals surface area contributed by atoms with Crippen molar-refractivity contribution in [1.82, 2.24) is 20.4 Å². The van der Waals surface area contributed by atoms with Crippen LogP contribution >= 0.6 is 0 Å². The molecule has 45 heavy (non-hydrogen) atoms. The zero-order valence-corrected chi connectivity index (χ0v) is 27.0. The molecule has 1 aliphatic carbocycles. The van der Waals surface area contributed by atoms with Gasteiger partial charge in [-0.05, 0) is 38.3 Å². The summed E-state index contributed by atoms with van der Waals surface area (Å²) < 4.78 is 12.9. The van der Waals surface area contributed by atoms with Gasteiger partial charge in [-0.1, -0.05) is 62.4 Å². The van der Waals surface area contributed by atoms with E-state index in [-0.39, 0.29) is 37.5 Å². The van der Waals surface area contributed by atoms with E-state index in [0.29, 0.717) is 19.5 Å². The lowest BCUT2D eigenvalue weighted by atomic mass is 9.82. The molecule has 0 aromatic heterocycles. The second kappa shape index (κ2) is 20.6. The Kier molecular flexibility index (Phi) is 17.2. The van der Waals surface area contributed by atoms with E-state index < -0.39 is 48.8 Å². The Balaban J connectivity index is 2.24. The van der Waals surface area contributed by atoms with E-state index in [0.717, 1.165) is 37.7 Å². The van der Waals surface area contributed by atoms with Crippen molar-refractivity contribution in [3.05, 3.63) is 35.9 Å². The number of likely N-dealkylation sites (N-methyl/N-ethyl adjacent to an activating group) is 2. The number of halogens is 1. The van der Waals surface area contributed by atoms with Crippen LogP contribution in [0.3, 0.4) is 0 Å². The minimum absolute atomic E-state index is 0.0225. The minimum Gasteiger partial charge on any atom is -0.389 e. The zero-order valence-electron chi connectivity index (χ0n) is 27.0. The maximum atomic E-state index is 13.7. The fourth-order valence-corrected chi connectivity index (χ4v) is 5.59. The molecule has 9 nitrogen and oxygen atoms in total. The largest absolute Gasteiger partial charge is 0.389 e. The number of hydrogen-bond donors (Lipinski definition) is 4. The molecule has 0 radical (unpaired) electrons. The molecule has 2 rings (SSSR count). The third kappa shape index (κ3) is 13.6. The topological polar surface area (TPSA) is 122 Å². The number of nitrogens with zero attached hydrogens (tertiary/aromatic N) is 2. The molecule has 0 aliphatic heterocycles. The summed E-state index contributed by atoms with van der Waals surface area (Å²) in [7, 11) is 3.23. The molecule has 248 valence electrons. The van der Waals surface area contributed by atoms with Crippen LogP contribution in [0.2, 0.25) is 0 Å². The second-order valence-corrected chi connectivity index (χ2v) is 12.1. The van der Waals surface area contributed by atoms with Crippen LogP contribution in [0.15, 0.2) is 30.3 Å². The summed E-state index contributed by atoms with van der Waals surface area (Å²) in [4.78, 5) is 43.5. The fourth-order valence-electron chi connectivity index (χ4n) is 5.59. The van der Waals surface area contributed by atoms with Gasteiger partial charge in [0.25, 0.3) is 0 Å². The van der Waals surface area contributed by atoms with E-state index in [1.165, 1.54) is 9.80 Å². The van der Waals surface area contributed by atoms with Crippen molar-refractivity contribution in [1.29, 1.82) is 0 Å². The van der Waals surface area contributed by atoms with Gasteiger partial charge in [0.2, 0.25) is 17.7 Å². The molecule has 1 aliphatic rings. The predicted molar refractivity (Wildman–Crippen MR) is 173 cm³/mol. The summed E-state index contributed by atoms with van der Waals surface area (Å²) in [6, 6.07) is 7.48. The normalized spacial score (nSPS) is 16.7. The maximum absolute atomic E-state index is 13.7. The number of alkyl halides is 1. The van der Waals surface area contributed by atoms with E-state index in [2.05, 4.69) is 28.4 Å². The summed E-state index contributed by atoms with van der Waals surface area (Å²) in [6.45, 7) is 1.64. The van der Waals surface area contributed by atoms with Crippen LogP contribution in [-0.2, 0) is 20.8 Å². The zero-order chi connectivity index (χ0) is 33.2. The number of terminal acetylenes is 1. The van der Waals surface area contributed by atoms with Gasteiger partial charge in [-0.25, -0.2) is 4.39 Å². The SMILES string of the molecule is C#CCC(O)C(O)C(CC1CCCCC1)NC(=O)[C@H](CC#CC)NC(=O)C(CC(=O)N(C)CCN(C)CF)Cc1ccccc1. The molecule has 1 fully saturated rings. The van der Waals surface area contributed by atoms with Crippen LogP contribution in [0.25, 0.3) is 0 Å². The molecule has 3 amide bonds. The van der Waals surface area contributed by atoms with Crippen molar-refractivity contribution >= 4 is 17.7 Å². The standard InChI is InChI=1S/C35H51FN4O5/c1-5-7-19-29(35(45)38-30(33(43)31(41)14-6-2)23-27-17-12-9-13-18-27)37-34(44)28(22-26-15-10-8-11-16-26)24-32(42)40(4)21-20-39(3)25-36/h2,8,10-11,15-16,27-31,33,41,43H,9,12-14,17-25H2,1,3-4H3,(H,37,44)(H,38,45)/t28?,29-,30?,31?,33?/m0/s1. The van der Waals surface area contributed by atoms with E-state index in [1.54, 1.807) is 21.0 Å². The number of amides is 3. The van der Waals surface area contributed by atoms with Crippen molar-refractivity contribution < 1.29 is 29.0 Å². The van der Waals surface area contributed by atoms with Gasteiger partial charge >= 0.3 is 0 Å². The van der Waals surface area contributed by atoms with Crippen molar-refractivity contribution in [3.8, 4) is 24.2 Å². The lowest BCUT2D eigenvalue weighted by molar-refractivity contribution is -0.137. The molecule has 0 bridgehead atoms. The van der Waals surface area contributed by atoms with Gasteiger partial charge in [-0.2, -0.15) is 0 Å². The first-order valence-corrected chi connectivity index (χ1v) is 15.9. The third-order valence-electron chi connectivity index (χ3n) is 8.45. The Labute approximate surface area is 268 Å². The van der Waals surface area contributed by atoms with E-state index >= 15 is 0 Å². The van der Waals surface area contributed by atoms with E-state index in [9.17, 15) is 29.0 Å². The number of nitrogens with one attached hydrogen (secondary N) is 2. The lowest BCUT2D eigenvalue weighted by Gasteiger charge is -2.33. The van der Waals surface area contributed by atoms with Crippen LogP contribution in [0, 0.1) is 36.0 Å². The molecule has 4 N–H and O–H groups in total. The molecule has 1 saturated carbocycles. The molecule has 5 atom stereocenters. The smallest absolute Gasteiger partial charge is 0.243 e. The number of carbonyl (C=O) groups excluding carboxylic acids is 3. The third-order valence-corrected chi connectivity index (χ3v) is 8.45. The summed E-state index contributed by atoms with van der Waals surface area (Å²) in [5.41, 5.74) is 0.859. The van der Waals surface area contributed by atoms with Crippen LogP contribution < -0.4 is 10.6 Å². The highest BCUT2D eigenvalue weighted by molar-refractivity contribution is 5.91. The van der Waals surface area contributed by atoms with Crippen LogP contribution in [0.5, 0.6) is 0 Å². The highest BCUT2D eigenvalue weighted by Crippen LogP contribution is 2.28. The Hall–Kier alpha value is -3.44. The molecule has 0 saturated heterocycles. The molecular formula is C35H51FN4O5. The van der Waals surface area contributed by atoms with Crippen molar-refractivity contribution in [2.75, 3.05) is 34.0 Å². The average molecular weight is 627 g/mol. The number of aliphatic hydroxyl groups excluding tert-OH is 2. The highest BCUT2D eigenvalue weighted by atomic mass is 19.1. The summed E-state index contributed by atoms with van der Waals surface area (Å²) >= 11 is 0. The molecule has 1 aromatic rings. The molecule has 10 heteroatoms. The number of aliphatic hydroxyl groups is 2. The Morgan fingerprint density at radius 3 is 2.33 bits per heavy atom. The molecule has 0 spiro atoms. The first-order chi connectivity index (χ1) is 21.6. The van der Waals surface area contributed by atoms with Crippen LogP contribution in [-0.4, -0.2) is 96.0 Å². The van der Waals surface area contributed by atoms with Crippen LogP contribution in [0.1, 0.15) is 70.3 Å².